The summed E-state index contributed by atoms with van der Waals surface area (Å²) < 4.78 is 11.2. The van der Waals surface area contributed by atoms with E-state index < -0.39 is 5.60 Å². The van der Waals surface area contributed by atoms with Gasteiger partial charge in [-0.15, -0.1) is 24.0 Å². The van der Waals surface area contributed by atoms with E-state index in [4.69, 9.17) is 9.47 Å². The van der Waals surface area contributed by atoms with Crippen molar-refractivity contribution in [3.63, 3.8) is 0 Å². The maximum atomic E-state index is 11.6. The van der Waals surface area contributed by atoms with Crippen LogP contribution in [-0.4, -0.2) is 93.5 Å². The minimum atomic E-state index is -0.461. The molecule has 31 heavy (non-hydrogen) atoms. The number of alkyl carbamates (subject to hydrolysis) is 1. The Kier molecular flexibility index (Phi) is 13.1. The molecule has 0 bridgehead atoms. The summed E-state index contributed by atoms with van der Waals surface area (Å²) in [6.45, 7) is 12.1. The van der Waals surface area contributed by atoms with Crippen molar-refractivity contribution >= 4 is 36.0 Å². The number of amides is 1. The third-order valence-corrected chi connectivity index (χ3v) is 5.57. The van der Waals surface area contributed by atoms with Crippen LogP contribution in [0.2, 0.25) is 0 Å². The van der Waals surface area contributed by atoms with E-state index in [1.54, 1.807) is 0 Å². The van der Waals surface area contributed by atoms with Crippen molar-refractivity contribution in [1.82, 2.24) is 20.4 Å². The van der Waals surface area contributed by atoms with Crippen molar-refractivity contribution < 1.29 is 14.3 Å². The van der Waals surface area contributed by atoms with E-state index in [1.165, 1.54) is 25.9 Å². The van der Waals surface area contributed by atoms with Crippen LogP contribution < -0.4 is 10.6 Å². The number of carbonyl (C=O) groups excluding carboxylic acids is 1. The van der Waals surface area contributed by atoms with Crippen molar-refractivity contribution in [2.45, 2.75) is 64.6 Å². The second kappa shape index (κ2) is 14.4. The molecule has 9 heteroatoms. The minimum Gasteiger partial charge on any atom is -0.444 e. The second-order valence-electron chi connectivity index (χ2n) is 9.54. The molecule has 2 aliphatic rings. The lowest BCUT2D eigenvalue weighted by Crippen LogP contribution is -2.49. The lowest BCUT2D eigenvalue weighted by Gasteiger charge is -2.35. The van der Waals surface area contributed by atoms with Gasteiger partial charge in [-0.3, -0.25) is 4.99 Å². The van der Waals surface area contributed by atoms with Crippen LogP contribution in [0, 0.1) is 5.92 Å². The summed E-state index contributed by atoms with van der Waals surface area (Å²) >= 11 is 0. The molecule has 0 saturated carbocycles. The lowest BCUT2D eigenvalue weighted by molar-refractivity contribution is 0.0169. The molecule has 1 atom stereocenters. The maximum absolute atomic E-state index is 11.6. The zero-order valence-corrected chi connectivity index (χ0v) is 22.4. The van der Waals surface area contributed by atoms with Gasteiger partial charge in [0.25, 0.3) is 0 Å². The van der Waals surface area contributed by atoms with E-state index >= 15 is 0 Å². The number of ether oxygens (including phenoxy) is 2. The van der Waals surface area contributed by atoms with Gasteiger partial charge in [-0.05, 0) is 72.4 Å². The number of hydrogen-bond acceptors (Lipinski definition) is 5. The highest BCUT2D eigenvalue weighted by Gasteiger charge is 2.23. The first kappa shape index (κ1) is 28.2. The van der Waals surface area contributed by atoms with Crippen molar-refractivity contribution in [1.29, 1.82) is 0 Å². The number of piperidine rings is 2. The fourth-order valence-corrected chi connectivity index (χ4v) is 4.07. The summed E-state index contributed by atoms with van der Waals surface area (Å²) in [4.78, 5) is 20.9. The van der Waals surface area contributed by atoms with Gasteiger partial charge in [0.15, 0.2) is 5.96 Å². The molecular formula is C22H44IN5O3. The Labute approximate surface area is 205 Å². The van der Waals surface area contributed by atoms with E-state index in [1.807, 2.05) is 27.8 Å². The van der Waals surface area contributed by atoms with Crippen LogP contribution in [0.5, 0.6) is 0 Å². The van der Waals surface area contributed by atoms with Crippen LogP contribution in [0.1, 0.15) is 52.9 Å². The number of aliphatic imine (C=N–C) groups is 1. The Balaban J connectivity index is 0.00000480. The number of carbonyl (C=O) groups is 1. The number of hydrogen-bond donors (Lipinski definition) is 2. The highest BCUT2D eigenvalue weighted by molar-refractivity contribution is 14.0. The van der Waals surface area contributed by atoms with Gasteiger partial charge >= 0.3 is 6.09 Å². The van der Waals surface area contributed by atoms with Gasteiger partial charge in [-0.2, -0.15) is 0 Å². The largest absolute Gasteiger partial charge is 0.444 e. The molecule has 0 aliphatic carbocycles. The maximum Gasteiger partial charge on any atom is 0.407 e. The first-order valence-electron chi connectivity index (χ1n) is 11.5. The summed E-state index contributed by atoms with van der Waals surface area (Å²) in [6, 6.07) is 0. The van der Waals surface area contributed by atoms with Gasteiger partial charge in [0.1, 0.15) is 5.60 Å². The summed E-state index contributed by atoms with van der Waals surface area (Å²) in [5.41, 5.74) is -0.461. The van der Waals surface area contributed by atoms with Crippen LogP contribution in [0.3, 0.4) is 0 Å². The number of nitrogens with zero attached hydrogens (tertiary/aromatic N) is 3. The van der Waals surface area contributed by atoms with E-state index in [2.05, 4.69) is 32.5 Å². The first-order chi connectivity index (χ1) is 14.3. The summed E-state index contributed by atoms with van der Waals surface area (Å²) in [5, 5.41) is 6.36. The van der Waals surface area contributed by atoms with Gasteiger partial charge in [0, 0.05) is 46.4 Å². The van der Waals surface area contributed by atoms with Crippen LogP contribution in [0.25, 0.3) is 0 Å². The van der Waals surface area contributed by atoms with Crippen LogP contribution in [-0.2, 0) is 9.47 Å². The second-order valence-corrected chi connectivity index (χ2v) is 9.54. The van der Waals surface area contributed by atoms with E-state index in [0.29, 0.717) is 19.1 Å². The minimum absolute atomic E-state index is 0. The number of halogens is 1. The monoisotopic (exact) mass is 553 g/mol. The fourth-order valence-electron chi connectivity index (χ4n) is 4.07. The number of guanidine groups is 1. The molecule has 0 spiro atoms. The smallest absolute Gasteiger partial charge is 0.407 e. The van der Waals surface area contributed by atoms with Crippen molar-refractivity contribution in [3.05, 3.63) is 0 Å². The highest BCUT2D eigenvalue weighted by atomic mass is 127. The normalized spacial score (nSPS) is 21.4. The van der Waals surface area contributed by atoms with Crippen molar-refractivity contribution in [3.8, 4) is 0 Å². The number of nitrogens with one attached hydrogen (secondary N) is 2. The van der Waals surface area contributed by atoms with Gasteiger partial charge in [0.2, 0.25) is 0 Å². The Bertz CT molecular complexity index is 548. The summed E-state index contributed by atoms with van der Waals surface area (Å²) in [7, 11) is 4.08. The van der Waals surface area contributed by atoms with Crippen LogP contribution >= 0.6 is 24.0 Å². The van der Waals surface area contributed by atoms with Crippen molar-refractivity contribution in [2.24, 2.45) is 10.9 Å². The average molecular weight is 554 g/mol. The van der Waals surface area contributed by atoms with Crippen molar-refractivity contribution in [2.75, 3.05) is 60.0 Å². The Hall–Kier alpha value is -0.810. The SMILES string of the molecule is CN=C(NCC1CCCN(C)C1)N1CCC(OCCCNC(=O)OC(C)(C)C)CC1.I. The van der Waals surface area contributed by atoms with Gasteiger partial charge in [-0.1, -0.05) is 0 Å². The Morgan fingerprint density at radius 1 is 1.13 bits per heavy atom. The molecule has 182 valence electrons. The predicted molar refractivity (Wildman–Crippen MR) is 136 cm³/mol. The van der Waals surface area contributed by atoms with Crippen LogP contribution in [0.4, 0.5) is 4.79 Å². The molecule has 0 aromatic heterocycles. The topological polar surface area (TPSA) is 78.4 Å². The molecule has 2 aliphatic heterocycles. The molecule has 0 aromatic rings. The predicted octanol–water partition coefficient (Wildman–Crippen LogP) is 2.92. The highest BCUT2D eigenvalue weighted by Crippen LogP contribution is 2.16. The van der Waals surface area contributed by atoms with E-state index in [0.717, 1.165) is 44.9 Å². The summed E-state index contributed by atoms with van der Waals surface area (Å²) in [5.74, 6) is 1.72. The van der Waals surface area contributed by atoms with E-state index in [9.17, 15) is 4.79 Å². The van der Waals surface area contributed by atoms with E-state index in [-0.39, 0.29) is 36.2 Å². The number of rotatable bonds is 7. The zero-order valence-electron chi connectivity index (χ0n) is 20.1. The molecule has 1 amide bonds. The standard InChI is InChI=1S/C22H43N5O3.HI/c1-22(2,3)30-21(28)24-11-7-15-29-19-9-13-27(14-10-19)20(23-4)25-16-18-8-6-12-26(5)17-18;/h18-19H,6-17H2,1-5H3,(H,23,25)(H,24,28);1H. The van der Waals surface area contributed by atoms with Gasteiger partial charge in [0.05, 0.1) is 6.10 Å². The molecule has 2 heterocycles. The third-order valence-electron chi connectivity index (χ3n) is 5.57. The molecule has 0 aromatic carbocycles. The molecule has 0 radical (unpaired) electrons. The molecular weight excluding hydrogens is 509 g/mol. The lowest BCUT2D eigenvalue weighted by atomic mass is 9.98. The average Bonchev–Trinajstić information content (AvgIpc) is 2.68. The third kappa shape index (κ3) is 11.6. The Morgan fingerprint density at radius 3 is 2.45 bits per heavy atom. The molecule has 2 rings (SSSR count). The van der Waals surface area contributed by atoms with Gasteiger partial charge in [-0.25, -0.2) is 4.79 Å². The molecule has 2 N–H and O–H groups in total. The molecule has 1 unspecified atom stereocenters. The molecule has 8 nitrogen and oxygen atoms in total. The molecule has 2 fully saturated rings. The fraction of sp³-hybridized carbons (Fsp3) is 0.909. The molecule has 2 saturated heterocycles. The quantitative estimate of drug-likeness (QED) is 0.219. The zero-order chi connectivity index (χ0) is 22.0. The number of likely N-dealkylation sites (tertiary alicyclic amines) is 2. The van der Waals surface area contributed by atoms with Crippen LogP contribution in [0.15, 0.2) is 4.99 Å². The summed E-state index contributed by atoms with van der Waals surface area (Å²) in [6.07, 6.45) is 5.31. The first-order valence-corrected chi connectivity index (χ1v) is 11.5. The van der Waals surface area contributed by atoms with Gasteiger partial charge < -0.3 is 29.9 Å². The Morgan fingerprint density at radius 2 is 1.84 bits per heavy atom.